The first-order valence-corrected chi connectivity index (χ1v) is 8.51. The highest BCUT2D eigenvalue weighted by molar-refractivity contribution is 7.88. The van der Waals surface area contributed by atoms with Gasteiger partial charge in [0.1, 0.15) is 5.76 Å². The van der Waals surface area contributed by atoms with E-state index in [1.165, 1.54) is 6.26 Å². The number of nitrogens with zero attached hydrogens (tertiary/aromatic N) is 1. The van der Waals surface area contributed by atoms with E-state index < -0.39 is 10.0 Å². The van der Waals surface area contributed by atoms with Crippen LogP contribution >= 0.6 is 11.6 Å². The summed E-state index contributed by atoms with van der Waals surface area (Å²) in [5.41, 5.74) is 0. The van der Waals surface area contributed by atoms with E-state index >= 15 is 0 Å². The van der Waals surface area contributed by atoms with Crippen LogP contribution in [0.5, 0.6) is 0 Å². The molecule has 0 saturated carbocycles. The van der Waals surface area contributed by atoms with Crippen molar-refractivity contribution < 1.29 is 12.8 Å². The number of halogens is 1. The van der Waals surface area contributed by atoms with Gasteiger partial charge in [0.05, 0.1) is 12.8 Å². The highest BCUT2D eigenvalue weighted by Gasteiger charge is 2.30. The fourth-order valence-corrected chi connectivity index (χ4v) is 3.50. The zero-order chi connectivity index (χ0) is 14.0. The molecular weight excluding hydrogens is 288 g/mol. The average molecular weight is 307 g/mol. The summed E-state index contributed by atoms with van der Waals surface area (Å²) in [5, 5.41) is 3.78. The number of hydrogen-bond acceptors (Lipinski definition) is 4. The normalized spacial score (nSPS) is 25.6. The second-order valence-electron chi connectivity index (χ2n) is 5.08. The SMILES string of the molecule is C[C@@H]1CN(S(C)(=O)=O)CC[C@H]1NCc1ccc(Cl)o1. The zero-order valence-corrected chi connectivity index (χ0v) is 12.7. The van der Waals surface area contributed by atoms with Gasteiger partial charge >= 0.3 is 0 Å². The molecule has 1 aliphatic rings. The first kappa shape index (κ1) is 14.8. The van der Waals surface area contributed by atoms with Crippen molar-refractivity contribution in [2.75, 3.05) is 19.3 Å². The summed E-state index contributed by atoms with van der Waals surface area (Å²) in [7, 11) is -3.08. The second-order valence-corrected chi connectivity index (χ2v) is 7.44. The molecule has 2 atom stereocenters. The molecule has 0 spiro atoms. The van der Waals surface area contributed by atoms with Gasteiger partial charge in [-0.15, -0.1) is 0 Å². The van der Waals surface area contributed by atoms with Gasteiger partial charge in [-0.1, -0.05) is 6.92 Å². The Labute approximate surface area is 119 Å². The Morgan fingerprint density at radius 2 is 2.26 bits per heavy atom. The van der Waals surface area contributed by atoms with Gasteiger partial charge in [-0.25, -0.2) is 12.7 Å². The van der Waals surface area contributed by atoms with Crippen LogP contribution in [0.3, 0.4) is 0 Å². The molecule has 5 nitrogen and oxygen atoms in total. The molecule has 7 heteroatoms. The summed E-state index contributed by atoms with van der Waals surface area (Å²) >= 11 is 5.71. The maximum Gasteiger partial charge on any atom is 0.211 e. The van der Waals surface area contributed by atoms with Crippen molar-refractivity contribution in [3.05, 3.63) is 23.1 Å². The highest BCUT2D eigenvalue weighted by atomic mass is 35.5. The minimum atomic E-state index is -3.08. The van der Waals surface area contributed by atoms with Crippen LogP contribution in [0, 0.1) is 5.92 Å². The van der Waals surface area contributed by atoms with Crippen molar-refractivity contribution in [3.8, 4) is 0 Å². The van der Waals surface area contributed by atoms with Gasteiger partial charge in [-0.3, -0.25) is 0 Å². The maximum atomic E-state index is 11.5. The van der Waals surface area contributed by atoms with Gasteiger partial charge in [0.25, 0.3) is 0 Å². The third-order valence-electron chi connectivity index (χ3n) is 3.50. The Bertz CT molecular complexity index is 529. The van der Waals surface area contributed by atoms with Gasteiger partial charge in [0.15, 0.2) is 5.22 Å². The Kier molecular flexibility index (Phi) is 4.55. The van der Waals surface area contributed by atoms with Crippen LogP contribution in [0.1, 0.15) is 19.1 Å². The molecule has 2 heterocycles. The second kappa shape index (κ2) is 5.83. The van der Waals surface area contributed by atoms with E-state index in [-0.39, 0.29) is 5.92 Å². The van der Waals surface area contributed by atoms with Crippen molar-refractivity contribution in [2.45, 2.75) is 25.9 Å². The van der Waals surface area contributed by atoms with E-state index in [0.29, 0.717) is 30.9 Å². The molecule has 1 fully saturated rings. The van der Waals surface area contributed by atoms with Crippen LogP contribution in [-0.4, -0.2) is 38.1 Å². The predicted molar refractivity (Wildman–Crippen MR) is 74.5 cm³/mol. The van der Waals surface area contributed by atoms with Gasteiger partial charge in [-0.05, 0) is 36.1 Å². The van der Waals surface area contributed by atoms with Crippen molar-refractivity contribution in [1.29, 1.82) is 0 Å². The fraction of sp³-hybridized carbons (Fsp3) is 0.667. The smallest absolute Gasteiger partial charge is 0.211 e. The lowest BCUT2D eigenvalue weighted by molar-refractivity contribution is 0.217. The predicted octanol–water partition coefficient (Wildman–Crippen LogP) is 1.69. The quantitative estimate of drug-likeness (QED) is 0.919. The summed E-state index contributed by atoms with van der Waals surface area (Å²) in [6.07, 6.45) is 2.07. The summed E-state index contributed by atoms with van der Waals surface area (Å²) < 4.78 is 29.8. The molecule has 1 aromatic heterocycles. The molecule has 1 aliphatic heterocycles. The zero-order valence-electron chi connectivity index (χ0n) is 11.1. The largest absolute Gasteiger partial charge is 0.448 e. The third-order valence-corrected chi connectivity index (χ3v) is 4.98. The van der Waals surface area contributed by atoms with Crippen LogP contribution in [-0.2, 0) is 16.6 Å². The number of sulfonamides is 1. The van der Waals surface area contributed by atoms with Crippen molar-refractivity contribution in [1.82, 2.24) is 9.62 Å². The summed E-state index contributed by atoms with van der Waals surface area (Å²) in [4.78, 5) is 0. The fourth-order valence-electron chi connectivity index (χ4n) is 2.39. The van der Waals surface area contributed by atoms with Crippen LogP contribution in [0.4, 0.5) is 0 Å². The number of hydrogen-bond donors (Lipinski definition) is 1. The lowest BCUT2D eigenvalue weighted by Gasteiger charge is -2.35. The lowest BCUT2D eigenvalue weighted by atomic mass is 9.95. The van der Waals surface area contributed by atoms with Gasteiger partial charge in [0, 0.05) is 19.1 Å². The number of rotatable bonds is 4. The van der Waals surface area contributed by atoms with E-state index in [1.54, 1.807) is 10.4 Å². The van der Waals surface area contributed by atoms with E-state index in [1.807, 2.05) is 6.07 Å². The molecule has 19 heavy (non-hydrogen) atoms. The minimum absolute atomic E-state index is 0.272. The summed E-state index contributed by atoms with van der Waals surface area (Å²) in [6.45, 7) is 3.81. The molecule has 0 unspecified atom stereocenters. The summed E-state index contributed by atoms with van der Waals surface area (Å²) in [5.74, 6) is 1.07. The Morgan fingerprint density at radius 1 is 1.53 bits per heavy atom. The topological polar surface area (TPSA) is 62.6 Å². The minimum Gasteiger partial charge on any atom is -0.448 e. The van der Waals surface area contributed by atoms with Crippen molar-refractivity contribution >= 4 is 21.6 Å². The molecule has 0 amide bonds. The highest BCUT2D eigenvalue weighted by Crippen LogP contribution is 2.20. The summed E-state index contributed by atoms with van der Waals surface area (Å²) in [6, 6.07) is 3.85. The molecule has 1 N–H and O–H groups in total. The lowest BCUT2D eigenvalue weighted by Crippen LogP contribution is -2.49. The van der Waals surface area contributed by atoms with Gasteiger partial charge < -0.3 is 9.73 Å². The first-order valence-electron chi connectivity index (χ1n) is 6.29. The Hall–Kier alpha value is -0.560. The first-order chi connectivity index (χ1) is 8.86. The molecule has 1 aromatic rings. The average Bonchev–Trinajstić information content (AvgIpc) is 2.72. The van der Waals surface area contributed by atoms with Gasteiger partial charge in [0.2, 0.25) is 10.0 Å². The molecule has 2 rings (SSSR count). The molecule has 0 aromatic carbocycles. The van der Waals surface area contributed by atoms with Crippen LogP contribution < -0.4 is 5.32 Å². The molecule has 0 aliphatic carbocycles. The van der Waals surface area contributed by atoms with E-state index in [4.69, 9.17) is 16.0 Å². The van der Waals surface area contributed by atoms with Crippen LogP contribution in [0.2, 0.25) is 5.22 Å². The molecule has 0 radical (unpaired) electrons. The monoisotopic (exact) mass is 306 g/mol. The van der Waals surface area contributed by atoms with Crippen LogP contribution in [0.25, 0.3) is 0 Å². The number of piperidine rings is 1. The van der Waals surface area contributed by atoms with E-state index in [0.717, 1.165) is 12.2 Å². The van der Waals surface area contributed by atoms with Crippen LogP contribution in [0.15, 0.2) is 16.5 Å². The molecule has 108 valence electrons. The van der Waals surface area contributed by atoms with Crippen molar-refractivity contribution in [2.24, 2.45) is 5.92 Å². The van der Waals surface area contributed by atoms with Gasteiger partial charge in [-0.2, -0.15) is 0 Å². The van der Waals surface area contributed by atoms with E-state index in [2.05, 4.69) is 12.2 Å². The number of furan rings is 1. The van der Waals surface area contributed by atoms with E-state index in [9.17, 15) is 8.42 Å². The number of nitrogens with one attached hydrogen (secondary N) is 1. The molecule has 1 saturated heterocycles. The Balaban J connectivity index is 1.86. The third kappa shape index (κ3) is 3.95. The molecule has 0 bridgehead atoms. The standard InChI is InChI=1S/C12H19ClN2O3S/c1-9-8-15(19(2,16)17)6-5-11(9)14-7-10-3-4-12(13)18-10/h3-4,9,11,14H,5-8H2,1-2H3/t9-,11-/m1/s1. The van der Waals surface area contributed by atoms with Crippen molar-refractivity contribution in [3.63, 3.8) is 0 Å². The molecular formula is C12H19ClN2O3S. The Morgan fingerprint density at radius 3 is 2.79 bits per heavy atom. The maximum absolute atomic E-state index is 11.5.